The summed E-state index contributed by atoms with van der Waals surface area (Å²) in [5.74, 6) is 0.470. The number of nitrogens with one attached hydrogen (secondary N) is 1. The van der Waals surface area contributed by atoms with Gasteiger partial charge < -0.3 is 20.5 Å². The number of pyridine rings is 1. The van der Waals surface area contributed by atoms with Crippen LogP contribution >= 0.6 is 0 Å². The molecule has 0 saturated heterocycles. The third kappa shape index (κ3) is 3.42. The van der Waals surface area contributed by atoms with Gasteiger partial charge in [0.2, 0.25) is 5.88 Å². The number of nitrogens with two attached hydrogens (primary N) is 1. The first kappa shape index (κ1) is 14.6. The van der Waals surface area contributed by atoms with Crippen LogP contribution < -0.4 is 20.5 Å². The zero-order valence-corrected chi connectivity index (χ0v) is 11.9. The van der Waals surface area contributed by atoms with Crippen molar-refractivity contribution in [2.75, 3.05) is 24.8 Å². The first-order valence-electron chi connectivity index (χ1n) is 6.48. The van der Waals surface area contributed by atoms with Gasteiger partial charge in [-0.25, -0.2) is 4.98 Å². The second-order valence-electron chi connectivity index (χ2n) is 4.20. The van der Waals surface area contributed by atoms with Gasteiger partial charge in [-0.1, -0.05) is 0 Å². The SMILES string of the molecule is CCOc1ncccc1NC(=O)c1ccc(N)cc1OC. The Balaban J connectivity index is 2.26. The molecule has 0 atom stereocenters. The Hall–Kier alpha value is -2.76. The van der Waals surface area contributed by atoms with Gasteiger partial charge in [-0.15, -0.1) is 0 Å². The fourth-order valence-electron chi connectivity index (χ4n) is 1.82. The molecule has 0 aliphatic rings. The molecule has 110 valence electrons. The van der Waals surface area contributed by atoms with Crippen LogP contribution in [0.4, 0.5) is 11.4 Å². The molecule has 1 amide bonds. The van der Waals surface area contributed by atoms with E-state index in [2.05, 4.69) is 10.3 Å². The van der Waals surface area contributed by atoms with Crippen LogP contribution in [0.2, 0.25) is 0 Å². The molecule has 1 heterocycles. The summed E-state index contributed by atoms with van der Waals surface area (Å²) in [5, 5.41) is 2.76. The number of aromatic nitrogens is 1. The molecule has 0 radical (unpaired) electrons. The van der Waals surface area contributed by atoms with Crippen molar-refractivity contribution < 1.29 is 14.3 Å². The summed E-state index contributed by atoms with van der Waals surface area (Å²) in [6, 6.07) is 8.30. The predicted octanol–water partition coefficient (Wildman–Crippen LogP) is 2.32. The van der Waals surface area contributed by atoms with Crippen molar-refractivity contribution in [3.63, 3.8) is 0 Å². The lowest BCUT2D eigenvalue weighted by molar-refractivity contribution is 0.102. The molecule has 1 aromatic carbocycles. The molecule has 2 rings (SSSR count). The zero-order chi connectivity index (χ0) is 15.2. The highest BCUT2D eigenvalue weighted by Gasteiger charge is 2.15. The van der Waals surface area contributed by atoms with Gasteiger partial charge in [0, 0.05) is 18.0 Å². The largest absolute Gasteiger partial charge is 0.496 e. The van der Waals surface area contributed by atoms with Gasteiger partial charge in [-0.05, 0) is 31.2 Å². The van der Waals surface area contributed by atoms with Gasteiger partial charge in [0.1, 0.15) is 11.4 Å². The highest BCUT2D eigenvalue weighted by molar-refractivity contribution is 6.07. The lowest BCUT2D eigenvalue weighted by Crippen LogP contribution is -2.14. The normalized spacial score (nSPS) is 10.0. The Bertz CT molecular complexity index is 644. The number of ether oxygens (including phenoxy) is 2. The van der Waals surface area contributed by atoms with E-state index in [-0.39, 0.29) is 5.91 Å². The van der Waals surface area contributed by atoms with Crippen molar-refractivity contribution in [3.05, 3.63) is 42.1 Å². The minimum Gasteiger partial charge on any atom is -0.496 e. The molecule has 0 saturated carbocycles. The molecule has 3 N–H and O–H groups in total. The third-order valence-corrected chi connectivity index (χ3v) is 2.77. The molecule has 2 aromatic rings. The van der Waals surface area contributed by atoms with Gasteiger partial charge in [-0.2, -0.15) is 0 Å². The van der Waals surface area contributed by atoms with Crippen LogP contribution in [-0.4, -0.2) is 24.6 Å². The first-order chi connectivity index (χ1) is 10.2. The standard InChI is InChI=1S/C15H17N3O3/c1-3-21-15-12(5-4-8-17-15)18-14(19)11-7-6-10(16)9-13(11)20-2/h4-9H,3,16H2,1-2H3,(H,18,19). The van der Waals surface area contributed by atoms with Crippen molar-refractivity contribution in [2.24, 2.45) is 0 Å². The highest BCUT2D eigenvalue weighted by atomic mass is 16.5. The van der Waals surface area contributed by atoms with Crippen LogP contribution in [0.3, 0.4) is 0 Å². The smallest absolute Gasteiger partial charge is 0.259 e. The molecule has 21 heavy (non-hydrogen) atoms. The van der Waals surface area contributed by atoms with Gasteiger partial charge >= 0.3 is 0 Å². The number of hydrogen-bond acceptors (Lipinski definition) is 5. The number of hydrogen-bond donors (Lipinski definition) is 2. The molecule has 0 spiro atoms. The maximum absolute atomic E-state index is 12.3. The van der Waals surface area contributed by atoms with Crippen LogP contribution in [-0.2, 0) is 0 Å². The Morgan fingerprint density at radius 1 is 1.38 bits per heavy atom. The number of rotatable bonds is 5. The van der Waals surface area contributed by atoms with Crippen LogP contribution in [0.25, 0.3) is 0 Å². The van der Waals surface area contributed by atoms with Gasteiger partial charge in [-0.3, -0.25) is 4.79 Å². The van der Waals surface area contributed by atoms with Gasteiger partial charge in [0.25, 0.3) is 5.91 Å². The van der Waals surface area contributed by atoms with Crippen molar-refractivity contribution in [1.29, 1.82) is 0 Å². The summed E-state index contributed by atoms with van der Waals surface area (Å²) in [6.07, 6.45) is 1.60. The second kappa shape index (κ2) is 6.60. The Morgan fingerprint density at radius 2 is 2.19 bits per heavy atom. The third-order valence-electron chi connectivity index (χ3n) is 2.77. The quantitative estimate of drug-likeness (QED) is 0.824. The van der Waals surface area contributed by atoms with Crippen LogP contribution in [0.15, 0.2) is 36.5 Å². The molecular formula is C15H17N3O3. The van der Waals surface area contributed by atoms with E-state index in [1.54, 1.807) is 36.5 Å². The van der Waals surface area contributed by atoms with Crippen molar-refractivity contribution in [2.45, 2.75) is 6.92 Å². The van der Waals surface area contributed by atoms with E-state index in [1.165, 1.54) is 7.11 Å². The Morgan fingerprint density at radius 3 is 2.90 bits per heavy atom. The molecular weight excluding hydrogens is 270 g/mol. The highest BCUT2D eigenvalue weighted by Crippen LogP contribution is 2.25. The molecule has 6 nitrogen and oxygen atoms in total. The molecule has 0 aliphatic heterocycles. The van der Waals surface area contributed by atoms with E-state index in [0.717, 1.165) is 0 Å². The topological polar surface area (TPSA) is 86.5 Å². The number of carbonyl (C=O) groups excluding carboxylic acids is 1. The summed E-state index contributed by atoms with van der Waals surface area (Å²) in [7, 11) is 1.49. The lowest BCUT2D eigenvalue weighted by Gasteiger charge is -2.12. The molecule has 0 aliphatic carbocycles. The number of anilines is 2. The summed E-state index contributed by atoms with van der Waals surface area (Å²) >= 11 is 0. The fraction of sp³-hybridized carbons (Fsp3) is 0.200. The molecule has 1 aromatic heterocycles. The van der Waals surface area contributed by atoms with E-state index in [4.69, 9.17) is 15.2 Å². The summed E-state index contributed by atoms with van der Waals surface area (Å²) in [4.78, 5) is 16.4. The zero-order valence-electron chi connectivity index (χ0n) is 11.9. The van der Waals surface area contributed by atoms with E-state index < -0.39 is 0 Å². The van der Waals surface area contributed by atoms with Crippen LogP contribution in [0.1, 0.15) is 17.3 Å². The maximum Gasteiger partial charge on any atom is 0.259 e. The van der Waals surface area contributed by atoms with Crippen molar-refractivity contribution >= 4 is 17.3 Å². The average Bonchev–Trinajstić information content (AvgIpc) is 2.49. The number of amides is 1. The lowest BCUT2D eigenvalue weighted by atomic mass is 10.1. The van der Waals surface area contributed by atoms with Crippen LogP contribution in [0.5, 0.6) is 11.6 Å². The van der Waals surface area contributed by atoms with E-state index in [9.17, 15) is 4.79 Å². The maximum atomic E-state index is 12.3. The Labute approximate surface area is 122 Å². The van der Waals surface area contributed by atoms with E-state index in [0.29, 0.717) is 35.2 Å². The van der Waals surface area contributed by atoms with Crippen LogP contribution in [0, 0.1) is 0 Å². The summed E-state index contributed by atoms with van der Waals surface area (Å²) < 4.78 is 10.5. The number of nitrogen functional groups attached to an aromatic ring is 1. The van der Waals surface area contributed by atoms with Gasteiger partial charge in [0.05, 0.1) is 19.3 Å². The van der Waals surface area contributed by atoms with E-state index in [1.807, 2.05) is 6.92 Å². The number of benzene rings is 1. The minimum absolute atomic E-state index is 0.319. The second-order valence-corrected chi connectivity index (χ2v) is 4.20. The number of methoxy groups -OCH3 is 1. The predicted molar refractivity (Wildman–Crippen MR) is 80.8 cm³/mol. The summed E-state index contributed by atoms with van der Waals surface area (Å²) in [6.45, 7) is 2.31. The molecule has 0 unspecified atom stereocenters. The first-order valence-corrected chi connectivity index (χ1v) is 6.48. The number of carbonyl (C=O) groups is 1. The molecule has 6 heteroatoms. The molecule has 0 bridgehead atoms. The number of nitrogens with zero attached hydrogens (tertiary/aromatic N) is 1. The van der Waals surface area contributed by atoms with Crippen molar-refractivity contribution in [1.82, 2.24) is 4.98 Å². The Kier molecular flexibility index (Phi) is 4.61. The fourth-order valence-corrected chi connectivity index (χ4v) is 1.82. The molecule has 0 fully saturated rings. The average molecular weight is 287 g/mol. The minimum atomic E-state index is -0.319. The van der Waals surface area contributed by atoms with E-state index >= 15 is 0 Å². The van der Waals surface area contributed by atoms with Gasteiger partial charge in [0.15, 0.2) is 0 Å². The monoisotopic (exact) mass is 287 g/mol. The summed E-state index contributed by atoms with van der Waals surface area (Å²) in [5.41, 5.74) is 7.10. The van der Waals surface area contributed by atoms with Crippen molar-refractivity contribution in [3.8, 4) is 11.6 Å².